The van der Waals surface area contributed by atoms with E-state index in [9.17, 15) is 9.18 Å². The largest absolute Gasteiger partial charge is 0.444 e. The minimum Gasteiger partial charge on any atom is -0.444 e. The van der Waals surface area contributed by atoms with E-state index >= 15 is 0 Å². The molecule has 1 aromatic rings. The number of guanidine groups is 1. The highest BCUT2D eigenvalue weighted by atomic mass is 19.1. The van der Waals surface area contributed by atoms with E-state index in [0.717, 1.165) is 5.56 Å². The number of aliphatic imine (C=N–C) groups is 1. The van der Waals surface area contributed by atoms with Crippen molar-refractivity contribution in [3.8, 4) is 0 Å². The summed E-state index contributed by atoms with van der Waals surface area (Å²) in [5, 5.41) is 0. The summed E-state index contributed by atoms with van der Waals surface area (Å²) in [4.78, 5) is 22.2. The van der Waals surface area contributed by atoms with Crippen LogP contribution in [-0.4, -0.2) is 79.9 Å². The van der Waals surface area contributed by atoms with Crippen molar-refractivity contribution in [1.29, 1.82) is 0 Å². The molecule has 166 valence electrons. The molecule has 2 fully saturated rings. The second-order valence-electron chi connectivity index (χ2n) is 8.51. The summed E-state index contributed by atoms with van der Waals surface area (Å²) in [5.74, 6) is 0.144. The van der Waals surface area contributed by atoms with Gasteiger partial charge in [-0.15, -0.1) is 0 Å². The first-order valence-corrected chi connectivity index (χ1v) is 10.4. The molecular weight excluding hydrogens is 389 g/mol. The quantitative estimate of drug-likeness (QED) is 0.594. The van der Waals surface area contributed by atoms with Crippen LogP contribution in [0.2, 0.25) is 0 Å². The molecular formula is C21H32FN5O3. The Bertz CT molecular complexity index is 766. The van der Waals surface area contributed by atoms with Crippen molar-refractivity contribution in [2.75, 3.05) is 57.4 Å². The lowest BCUT2D eigenvalue weighted by molar-refractivity contribution is 0.0186. The van der Waals surface area contributed by atoms with Gasteiger partial charge in [-0.05, 0) is 38.5 Å². The third-order valence-corrected chi connectivity index (χ3v) is 5.04. The second kappa shape index (κ2) is 9.51. The van der Waals surface area contributed by atoms with Gasteiger partial charge in [0.15, 0.2) is 5.96 Å². The van der Waals surface area contributed by atoms with E-state index < -0.39 is 5.60 Å². The molecule has 0 aromatic heterocycles. The first kappa shape index (κ1) is 22.1. The van der Waals surface area contributed by atoms with Crippen LogP contribution in [0.4, 0.5) is 14.9 Å². The Hall–Kier alpha value is -2.55. The fourth-order valence-corrected chi connectivity index (χ4v) is 3.43. The van der Waals surface area contributed by atoms with Gasteiger partial charge in [0.1, 0.15) is 11.4 Å². The zero-order valence-electron chi connectivity index (χ0n) is 18.1. The number of morpholine rings is 1. The summed E-state index contributed by atoms with van der Waals surface area (Å²) in [6, 6.07) is 5.19. The van der Waals surface area contributed by atoms with Crippen LogP contribution in [-0.2, 0) is 16.0 Å². The molecule has 0 aliphatic carbocycles. The van der Waals surface area contributed by atoms with Gasteiger partial charge in [-0.1, -0.05) is 6.07 Å². The average molecular weight is 422 g/mol. The highest BCUT2D eigenvalue weighted by Crippen LogP contribution is 2.22. The van der Waals surface area contributed by atoms with Gasteiger partial charge in [-0.3, -0.25) is 0 Å². The molecule has 2 aliphatic rings. The van der Waals surface area contributed by atoms with E-state index in [2.05, 4.69) is 4.99 Å². The Morgan fingerprint density at radius 1 is 1.13 bits per heavy atom. The molecule has 30 heavy (non-hydrogen) atoms. The van der Waals surface area contributed by atoms with Crippen LogP contribution in [0.15, 0.2) is 23.2 Å². The van der Waals surface area contributed by atoms with Gasteiger partial charge in [-0.2, -0.15) is 0 Å². The van der Waals surface area contributed by atoms with Gasteiger partial charge < -0.3 is 29.9 Å². The molecule has 0 spiro atoms. The van der Waals surface area contributed by atoms with Gasteiger partial charge in [0.05, 0.1) is 25.4 Å². The predicted molar refractivity (Wildman–Crippen MR) is 114 cm³/mol. The number of anilines is 1. The molecule has 2 heterocycles. The summed E-state index contributed by atoms with van der Waals surface area (Å²) in [6.45, 7) is 10.7. The normalized spacial score (nSPS) is 18.5. The van der Waals surface area contributed by atoms with Crippen LogP contribution in [0.3, 0.4) is 0 Å². The standard InChI is InChI=1S/C21H32FN5O3/c1-21(2,3)30-20(28)27-8-6-26(7-9-27)19(23)24-15-16-4-5-18(17(22)14-16)25-10-12-29-13-11-25/h4-5,14H,6-13,15H2,1-3H3,(H2,23,24). The number of piperazine rings is 1. The molecule has 8 nitrogen and oxygen atoms in total. The first-order chi connectivity index (χ1) is 14.2. The van der Waals surface area contributed by atoms with Crippen LogP contribution in [0, 0.1) is 5.82 Å². The number of ether oxygens (including phenoxy) is 2. The van der Waals surface area contributed by atoms with E-state index in [1.165, 1.54) is 6.07 Å². The summed E-state index contributed by atoms with van der Waals surface area (Å²) < 4.78 is 25.3. The van der Waals surface area contributed by atoms with E-state index in [0.29, 0.717) is 70.7 Å². The lowest BCUT2D eigenvalue weighted by Gasteiger charge is -2.36. The molecule has 2 N–H and O–H groups in total. The van der Waals surface area contributed by atoms with E-state index in [1.54, 1.807) is 11.0 Å². The molecule has 0 saturated carbocycles. The van der Waals surface area contributed by atoms with Gasteiger partial charge in [0, 0.05) is 39.3 Å². The molecule has 1 aromatic carbocycles. The Morgan fingerprint density at radius 3 is 2.37 bits per heavy atom. The third-order valence-electron chi connectivity index (χ3n) is 5.04. The molecule has 0 radical (unpaired) electrons. The second-order valence-corrected chi connectivity index (χ2v) is 8.51. The predicted octanol–water partition coefficient (Wildman–Crippen LogP) is 2.03. The zero-order valence-corrected chi connectivity index (χ0v) is 18.1. The summed E-state index contributed by atoms with van der Waals surface area (Å²) in [6.07, 6.45) is -0.312. The number of carbonyl (C=O) groups is 1. The van der Waals surface area contributed by atoms with Crippen LogP contribution < -0.4 is 10.6 Å². The maximum absolute atomic E-state index is 14.5. The maximum atomic E-state index is 14.5. The molecule has 3 rings (SSSR count). The fourth-order valence-electron chi connectivity index (χ4n) is 3.43. The van der Waals surface area contributed by atoms with E-state index in [1.807, 2.05) is 36.6 Å². The minimum atomic E-state index is -0.513. The molecule has 2 aliphatic heterocycles. The Labute approximate surface area is 177 Å². The Morgan fingerprint density at radius 2 is 1.77 bits per heavy atom. The fraction of sp³-hybridized carbons (Fsp3) is 0.619. The van der Waals surface area contributed by atoms with Gasteiger partial charge in [-0.25, -0.2) is 14.2 Å². The minimum absolute atomic E-state index is 0.255. The molecule has 1 amide bonds. The monoisotopic (exact) mass is 421 g/mol. The number of hydrogen-bond acceptors (Lipinski definition) is 5. The van der Waals surface area contributed by atoms with E-state index in [-0.39, 0.29) is 11.9 Å². The van der Waals surface area contributed by atoms with Gasteiger partial charge in [0.2, 0.25) is 0 Å². The summed E-state index contributed by atoms with van der Waals surface area (Å²) in [5.41, 5.74) is 6.98. The van der Waals surface area contributed by atoms with Crippen LogP contribution >= 0.6 is 0 Å². The van der Waals surface area contributed by atoms with Gasteiger partial charge in [0.25, 0.3) is 0 Å². The number of benzene rings is 1. The van der Waals surface area contributed by atoms with Crippen molar-refractivity contribution < 1.29 is 18.7 Å². The topological polar surface area (TPSA) is 83.6 Å². The molecule has 0 unspecified atom stereocenters. The summed E-state index contributed by atoms with van der Waals surface area (Å²) in [7, 11) is 0. The van der Waals surface area contributed by atoms with Crippen LogP contribution in [0.25, 0.3) is 0 Å². The number of rotatable bonds is 3. The molecule has 0 bridgehead atoms. The molecule has 0 atom stereocenters. The highest BCUT2D eigenvalue weighted by molar-refractivity contribution is 5.78. The van der Waals surface area contributed by atoms with Crippen LogP contribution in [0.1, 0.15) is 26.3 Å². The third kappa shape index (κ3) is 5.98. The SMILES string of the molecule is CC(C)(C)OC(=O)N1CCN(C(N)=NCc2ccc(N3CCOCC3)c(F)c2)CC1. The number of hydrogen-bond donors (Lipinski definition) is 1. The number of carbonyl (C=O) groups excluding carboxylic acids is 1. The lowest BCUT2D eigenvalue weighted by Crippen LogP contribution is -2.53. The van der Waals surface area contributed by atoms with Gasteiger partial charge >= 0.3 is 6.09 Å². The van der Waals surface area contributed by atoms with E-state index in [4.69, 9.17) is 15.2 Å². The average Bonchev–Trinajstić information content (AvgIpc) is 2.71. The maximum Gasteiger partial charge on any atom is 0.410 e. The van der Waals surface area contributed by atoms with Crippen molar-refractivity contribution in [2.24, 2.45) is 10.7 Å². The van der Waals surface area contributed by atoms with Crippen molar-refractivity contribution in [3.05, 3.63) is 29.6 Å². The number of amides is 1. The Balaban J connectivity index is 1.52. The number of halogens is 1. The first-order valence-electron chi connectivity index (χ1n) is 10.4. The smallest absolute Gasteiger partial charge is 0.410 e. The highest BCUT2D eigenvalue weighted by Gasteiger charge is 2.26. The number of nitrogens with two attached hydrogens (primary N) is 1. The zero-order chi connectivity index (χ0) is 21.7. The Kier molecular flexibility index (Phi) is 7.02. The number of nitrogens with zero attached hydrogens (tertiary/aromatic N) is 4. The lowest BCUT2D eigenvalue weighted by atomic mass is 10.1. The van der Waals surface area contributed by atoms with Crippen molar-refractivity contribution in [1.82, 2.24) is 9.80 Å². The molecule has 9 heteroatoms. The van der Waals surface area contributed by atoms with Crippen molar-refractivity contribution in [3.63, 3.8) is 0 Å². The van der Waals surface area contributed by atoms with Crippen molar-refractivity contribution in [2.45, 2.75) is 32.9 Å². The molecule has 2 saturated heterocycles. The summed E-state index contributed by atoms with van der Waals surface area (Å²) >= 11 is 0. The van der Waals surface area contributed by atoms with Crippen LogP contribution in [0.5, 0.6) is 0 Å². The van der Waals surface area contributed by atoms with Crippen molar-refractivity contribution >= 4 is 17.7 Å².